The number of esters is 1. The van der Waals surface area contributed by atoms with Gasteiger partial charge in [-0.05, 0) is 81.7 Å². The van der Waals surface area contributed by atoms with Crippen LogP contribution in [0.4, 0.5) is 18.0 Å². The van der Waals surface area contributed by atoms with Gasteiger partial charge in [0.25, 0.3) is 5.91 Å². The topological polar surface area (TPSA) is 198 Å². The number of halogens is 3. The first-order chi connectivity index (χ1) is 35.4. The molecule has 3 aromatic rings. The zero-order valence-electron chi connectivity index (χ0n) is 44.6. The van der Waals surface area contributed by atoms with Crippen molar-refractivity contribution in [3.8, 4) is 11.4 Å². The van der Waals surface area contributed by atoms with Crippen molar-refractivity contribution in [2.75, 3.05) is 60.1 Å². The van der Waals surface area contributed by atoms with Crippen LogP contribution in [0.5, 0.6) is 0 Å². The molecule has 0 aliphatic carbocycles. The Kier molecular flexibility index (Phi) is 17.2. The minimum absolute atomic E-state index is 0.139. The number of amides is 5. The van der Waals surface area contributed by atoms with E-state index in [0.29, 0.717) is 92.1 Å². The number of nitrogens with one attached hydrogen (secondary N) is 2. The van der Waals surface area contributed by atoms with E-state index < -0.39 is 71.7 Å². The zero-order chi connectivity index (χ0) is 54.7. The number of methoxy groups -OCH3 is 1. The van der Waals surface area contributed by atoms with E-state index >= 15 is 0 Å². The highest BCUT2D eigenvalue weighted by atomic mass is 19.4. The average molecular weight is 1050 g/mol. The van der Waals surface area contributed by atoms with Crippen molar-refractivity contribution in [3.63, 3.8) is 0 Å². The Morgan fingerprint density at radius 1 is 1.08 bits per heavy atom. The number of alkyl halides is 3. The number of aromatic nitrogens is 4. The highest BCUT2D eigenvalue weighted by molar-refractivity contribution is 5.96. The van der Waals surface area contributed by atoms with E-state index in [1.165, 1.54) is 38.4 Å². The van der Waals surface area contributed by atoms with Gasteiger partial charge in [0.05, 0.1) is 42.9 Å². The summed E-state index contributed by atoms with van der Waals surface area (Å²) in [4.78, 5) is 84.3. The first-order valence-electron chi connectivity index (χ1n) is 25.6. The van der Waals surface area contributed by atoms with Gasteiger partial charge in [-0.1, -0.05) is 46.9 Å². The molecule has 4 atom stereocenters. The smallest absolute Gasteiger partial charge is 0.406 e. The minimum Gasteiger partial charge on any atom is -0.464 e. The number of cyclic esters (lactones) is 1. The predicted octanol–water partition coefficient (Wildman–Crippen LogP) is 5.63. The van der Waals surface area contributed by atoms with Crippen LogP contribution in [0.3, 0.4) is 0 Å². The fourth-order valence-electron chi connectivity index (χ4n) is 10.8. The minimum atomic E-state index is -4.65. The summed E-state index contributed by atoms with van der Waals surface area (Å²) < 4.78 is 64.9. The lowest BCUT2D eigenvalue weighted by molar-refractivity contribution is -0.156. The molecule has 3 fully saturated rings. The molecule has 5 amide bonds. The number of hydrazine groups is 1. The number of ether oxygens (including phenoxy) is 3. The number of nitrogens with zero attached hydrogens (tertiary/aromatic N) is 9. The Bertz CT molecular complexity index is 2740. The number of hydrogen-bond donors (Lipinski definition) is 2. The molecule has 6 heterocycles. The zero-order valence-corrected chi connectivity index (χ0v) is 44.6. The third-order valence-electron chi connectivity index (χ3n) is 14.6. The van der Waals surface area contributed by atoms with Crippen LogP contribution in [0.2, 0.25) is 0 Å². The van der Waals surface area contributed by atoms with E-state index in [4.69, 9.17) is 24.3 Å². The van der Waals surface area contributed by atoms with Crippen molar-refractivity contribution in [1.29, 1.82) is 0 Å². The molecule has 2 N–H and O–H groups in total. The van der Waals surface area contributed by atoms with Gasteiger partial charge >= 0.3 is 18.2 Å². The summed E-state index contributed by atoms with van der Waals surface area (Å²) in [6.45, 7) is 19.0. The molecule has 22 heteroatoms. The summed E-state index contributed by atoms with van der Waals surface area (Å²) >= 11 is 0. The van der Waals surface area contributed by atoms with Gasteiger partial charge < -0.3 is 38.8 Å². The highest BCUT2D eigenvalue weighted by Gasteiger charge is 2.44. The van der Waals surface area contributed by atoms with Crippen molar-refractivity contribution in [2.24, 2.45) is 23.4 Å². The molecule has 4 aliphatic rings. The molecule has 19 nitrogen and oxygen atoms in total. The number of aliphatic imine (C=N–C) groups is 1. The van der Waals surface area contributed by atoms with Gasteiger partial charge in [0.2, 0.25) is 11.8 Å². The first-order valence-corrected chi connectivity index (χ1v) is 25.6. The molecule has 408 valence electrons. The molecule has 3 saturated heterocycles. The molecular formula is C53H72F3N11O8. The number of fused-ring (bicyclic) bond motifs is 6. The van der Waals surface area contributed by atoms with Crippen LogP contribution in [0.15, 0.2) is 54.2 Å². The van der Waals surface area contributed by atoms with Gasteiger partial charge in [-0.15, -0.1) is 0 Å². The average Bonchev–Trinajstić information content (AvgIpc) is 3.88. The number of urea groups is 1. The van der Waals surface area contributed by atoms with Crippen LogP contribution in [-0.2, 0) is 59.8 Å². The van der Waals surface area contributed by atoms with Gasteiger partial charge in [-0.2, -0.15) is 18.3 Å². The number of likely N-dealkylation sites (N-methyl/N-ethyl adjacent to an activating group) is 1. The van der Waals surface area contributed by atoms with E-state index in [-0.39, 0.29) is 55.0 Å². The summed E-state index contributed by atoms with van der Waals surface area (Å²) in [7, 11) is 4.70. The Morgan fingerprint density at radius 3 is 2.44 bits per heavy atom. The molecule has 0 radical (unpaired) electrons. The van der Waals surface area contributed by atoms with Gasteiger partial charge in [-0.25, -0.2) is 19.9 Å². The van der Waals surface area contributed by atoms with E-state index in [2.05, 4.69) is 28.9 Å². The maximum Gasteiger partial charge on any atom is 0.406 e. The van der Waals surface area contributed by atoms with Gasteiger partial charge in [0.1, 0.15) is 24.7 Å². The number of piperidine rings is 1. The third kappa shape index (κ3) is 12.3. The van der Waals surface area contributed by atoms with Crippen molar-refractivity contribution >= 4 is 52.4 Å². The van der Waals surface area contributed by atoms with E-state index in [1.807, 2.05) is 13.8 Å². The largest absolute Gasteiger partial charge is 0.464 e. The molecule has 6 bridgehead atoms. The maximum atomic E-state index is 14.8. The monoisotopic (exact) mass is 1050 g/mol. The van der Waals surface area contributed by atoms with E-state index in [9.17, 15) is 37.1 Å². The molecule has 2 aromatic heterocycles. The maximum absolute atomic E-state index is 14.8. The Morgan fingerprint density at radius 2 is 1.80 bits per heavy atom. The number of hydrogen-bond acceptors (Lipinski definition) is 12. The SMILES string of the molecule is C=CC(=O)N1CCOC2(CCN(C(=O)N(C)[C@H](C(=O)N[C@H]3Cc4nc(n(C)n4)-c4ccc5c(c4)c(c(/C(C=C)=C(/N=CC)[C@H](C)OC)n5CC(F)(F)F)CC(C)(C)COC(=O)C4CCCN(N4)C3=O)C(C)C)CC2)C1. The summed E-state index contributed by atoms with van der Waals surface area (Å²) in [5, 5.41) is 9.41. The normalized spacial score (nSPS) is 21.6. The Hall–Kier alpha value is -6.39. The number of carbonyl (C=O) groups is 5. The number of likely N-dealkylation sites (tertiary alicyclic amines) is 1. The van der Waals surface area contributed by atoms with Crippen molar-refractivity contribution < 1.29 is 51.4 Å². The number of aryl methyl sites for hydroxylation is 1. The van der Waals surface area contributed by atoms with Gasteiger partial charge in [0.15, 0.2) is 11.6 Å². The number of morpholine rings is 1. The van der Waals surface area contributed by atoms with Gasteiger partial charge in [-0.3, -0.25) is 29.2 Å². The quantitative estimate of drug-likeness (QED) is 0.105. The molecule has 1 unspecified atom stereocenters. The lowest BCUT2D eigenvalue weighted by Crippen LogP contribution is -2.63. The van der Waals surface area contributed by atoms with Crippen LogP contribution in [0.1, 0.15) is 84.3 Å². The van der Waals surface area contributed by atoms with Gasteiger partial charge in [0, 0.05) is 87.5 Å². The highest BCUT2D eigenvalue weighted by Crippen LogP contribution is 2.41. The molecule has 7 rings (SSSR count). The fraction of sp³-hybridized carbons (Fsp3) is 0.585. The van der Waals surface area contributed by atoms with E-state index in [1.54, 1.807) is 76.0 Å². The van der Waals surface area contributed by atoms with Crippen molar-refractivity contribution in [3.05, 3.63) is 66.3 Å². The number of allylic oxidation sites excluding steroid dienone is 2. The summed E-state index contributed by atoms with van der Waals surface area (Å²) in [6.07, 6.45) is 0.646. The molecule has 4 aliphatic heterocycles. The lowest BCUT2D eigenvalue weighted by atomic mass is 9.84. The number of rotatable bonds is 11. The summed E-state index contributed by atoms with van der Waals surface area (Å²) in [5.74, 6) is -1.91. The first kappa shape index (κ1) is 56.3. The Labute approximate surface area is 436 Å². The van der Waals surface area contributed by atoms with Crippen LogP contribution >= 0.6 is 0 Å². The third-order valence-corrected chi connectivity index (χ3v) is 14.6. The molecule has 1 aromatic carbocycles. The predicted molar refractivity (Wildman–Crippen MR) is 276 cm³/mol. The van der Waals surface area contributed by atoms with Crippen molar-refractivity contribution in [2.45, 2.75) is 123 Å². The molecule has 1 spiro atoms. The number of benzene rings is 1. The second-order valence-electron chi connectivity index (χ2n) is 21.1. The fourth-order valence-corrected chi connectivity index (χ4v) is 10.8. The number of carbonyl (C=O) groups excluding carboxylic acids is 5. The van der Waals surface area contributed by atoms with E-state index in [0.717, 1.165) is 0 Å². The van der Waals surface area contributed by atoms with Crippen LogP contribution in [0, 0.1) is 11.3 Å². The van der Waals surface area contributed by atoms with Crippen LogP contribution in [-0.4, -0.2) is 171 Å². The van der Waals surface area contributed by atoms with Crippen LogP contribution < -0.4 is 10.7 Å². The Balaban J connectivity index is 1.27. The molecule has 0 saturated carbocycles. The summed E-state index contributed by atoms with van der Waals surface area (Å²) in [5.41, 5.74) is 3.79. The molecule has 75 heavy (non-hydrogen) atoms. The second-order valence-corrected chi connectivity index (χ2v) is 21.1. The van der Waals surface area contributed by atoms with Crippen molar-refractivity contribution in [1.82, 2.24) is 49.8 Å². The summed E-state index contributed by atoms with van der Waals surface area (Å²) in [6, 6.07) is 1.34. The second kappa shape index (κ2) is 22.8. The molecular weight excluding hydrogens is 976 g/mol. The van der Waals surface area contributed by atoms with Crippen LogP contribution in [0.25, 0.3) is 27.9 Å². The lowest BCUT2D eigenvalue weighted by Gasteiger charge is -2.47. The standard InChI is InChI=1S/C53H72F3N11O8/c1-12-35(43(57-14-3)33(6)73-11)45-37-28-51(7,8)31-74-49(71)38-16-15-21-67(60-38)48(70)39(27-41-59-46(63(10)61-41)34-17-18-40(36(37)26-34)66(45)30-53(54,55)56)58-47(69)44(32(4)5)62(9)50(72)64-22-19-52(20-23-64)29-65(24-25-75-52)42(68)13-2/h12-14,17-18,26,32-33,38-39,44,60H,1-2,15-16,19-25,27-31H2,3-11H3,(H,58,69)/b43-35+,57-14?/t33-,38?,39-,44-/m0/s1.